The van der Waals surface area contributed by atoms with E-state index in [-0.39, 0.29) is 10.4 Å². The van der Waals surface area contributed by atoms with Crippen LogP contribution in [0.1, 0.15) is 38.8 Å². The summed E-state index contributed by atoms with van der Waals surface area (Å²) in [5, 5.41) is -0.0280. The van der Waals surface area contributed by atoms with Crippen molar-refractivity contribution in [2.24, 2.45) is 0 Å². The molecule has 2 amide bonds. The predicted octanol–water partition coefficient (Wildman–Crippen LogP) is 4.57. The number of hydrogen-bond donors (Lipinski definition) is 0. The summed E-state index contributed by atoms with van der Waals surface area (Å²) in [6.07, 6.45) is 3.78. The molecule has 6 nitrogen and oxygen atoms in total. The van der Waals surface area contributed by atoms with Crippen LogP contribution >= 0.6 is 23.4 Å². The molecule has 1 atom stereocenters. The zero-order valence-corrected chi connectivity index (χ0v) is 18.8. The molecular weight excluding hydrogens is 412 g/mol. The monoisotopic (exact) mass is 434 g/mol. The quantitative estimate of drug-likeness (QED) is 0.512. The van der Waals surface area contributed by atoms with E-state index >= 15 is 0 Å². The molecule has 0 unspecified atom stereocenters. The summed E-state index contributed by atoms with van der Waals surface area (Å²) in [5.41, 5.74) is 3.63. The second-order valence-electron chi connectivity index (χ2n) is 7.68. The van der Waals surface area contributed by atoms with Crippen LogP contribution in [0.15, 0.2) is 23.1 Å². The lowest BCUT2D eigenvalue weighted by Crippen LogP contribution is -2.42. The molecule has 0 bridgehead atoms. The Morgan fingerprint density at radius 2 is 1.97 bits per heavy atom. The van der Waals surface area contributed by atoms with E-state index < -0.39 is 23.2 Å². The molecule has 1 aromatic rings. The van der Waals surface area contributed by atoms with Gasteiger partial charge in [0.05, 0.1) is 17.6 Å². The molecule has 1 aromatic carbocycles. The first-order chi connectivity index (χ1) is 13.5. The third-order valence-corrected chi connectivity index (χ3v) is 6.59. The largest absolute Gasteiger partial charge is 0.467 e. The maximum Gasteiger partial charge on any atom is 0.328 e. The molecule has 1 fully saturated rings. The number of benzene rings is 1. The van der Waals surface area contributed by atoms with Crippen LogP contribution in [0, 0.1) is 0 Å². The van der Waals surface area contributed by atoms with Crippen molar-refractivity contribution in [1.29, 1.82) is 0 Å². The van der Waals surface area contributed by atoms with Gasteiger partial charge in [0.25, 0.3) is 11.1 Å². The number of carbonyl (C=O) groups excluding carboxylic acids is 3. The number of carbonyl (C=O) groups is 3. The summed E-state index contributed by atoms with van der Waals surface area (Å²) in [7, 11) is 3.23. The van der Waals surface area contributed by atoms with Crippen LogP contribution in [0.4, 0.5) is 10.5 Å². The lowest BCUT2D eigenvalue weighted by atomic mass is 9.88. The number of ether oxygens (including phenoxy) is 1. The van der Waals surface area contributed by atoms with Gasteiger partial charge >= 0.3 is 5.97 Å². The topological polar surface area (TPSA) is 66.9 Å². The molecule has 0 spiro atoms. The summed E-state index contributed by atoms with van der Waals surface area (Å²) in [6.45, 7) is 7.75. The van der Waals surface area contributed by atoms with Gasteiger partial charge in [-0.1, -0.05) is 17.7 Å². The van der Waals surface area contributed by atoms with E-state index in [0.717, 1.165) is 33.5 Å². The average Bonchev–Trinajstić information content (AvgIpc) is 2.92. The lowest BCUT2D eigenvalue weighted by Gasteiger charge is -2.40. The van der Waals surface area contributed by atoms with Gasteiger partial charge < -0.3 is 9.64 Å². The van der Waals surface area contributed by atoms with Crippen LogP contribution in [-0.2, 0) is 14.3 Å². The fourth-order valence-electron chi connectivity index (χ4n) is 3.53. The Morgan fingerprint density at radius 1 is 1.31 bits per heavy atom. The molecule has 0 N–H and O–H groups in total. The normalized spacial score (nSPS) is 20.7. The minimum atomic E-state index is -0.988. The number of esters is 1. The second-order valence-corrected chi connectivity index (χ2v) is 9.08. The summed E-state index contributed by atoms with van der Waals surface area (Å²) in [6, 6.07) is 2.81. The van der Waals surface area contributed by atoms with Crippen molar-refractivity contribution in [2.75, 3.05) is 19.1 Å². The Hall–Kier alpha value is -2.25. The summed E-state index contributed by atoms with van der Waals surface area (Å²) >= 11 is 7.30. The fourth-order valence-corrected chi connectivity index (χ4v) is 4.64. The number of allylic oxidation sites excluding steroid dienone is 1. The van der Waals surface area contributed by atoms with Crippen molar-refractivity contribution in [3.63, 3.8) is 0 Å². The molecule has 0 aliphatic carbocycles. The predicted molar refractivity (Wildman–Crippen MR) is 117 cm³/mol. The molecule has 8 heteroatoms. The SMILES string of the molecule is COC(=O)[C@@H](C)N1C(=O)S/C(=C/c2cc3c(cc2Cl)N(C)C(C)(C)C=C3C)C1=O. The highest BCUT2D eigenvalue weighted by atomic mass is 35.5. The van der Waals surface area contributed by atoms with E-state index in [2.05, 4.69) is 29.6 Å². The van der Waals surface area contributed by atoms with Gasteiger partial charge in [-0.05, 0) is 68.8 Å². The van der Waals surface area contributed by atoms with Crippen LogP contribution in [-0.4, -0.2) is 47.8 Å². The molecule has 0 saturated carbocycles. The van der Waals surface area contributed by atoms with Gasteiger partial charge in [0.1, 0.15) is 6.04 Å². The van der Waals surface area contributed by atoms with Crippen molar-refractivity contribution in [3.8, 4) is 0 Å². The third-order valence-electron chi connectivity index (χ3n) is 5.38. The molecule has 29 heavy (non-hydrogen) atoms. The molecule has 0 radical (unpaired) electrons. The molecule has 2 aliphatic heterocycles. The number of hydrogen-bond acceptors (Lipinski definition) is 6. The van der Waals surface area contributed by atoms with Gasteiger partial charge in [-0.3, -0.25) is 14.5 Å². The maximum absolute atomic E-state index is 12.7. The van der Waals surface area contributed by atoms with E-state index in [0.29, 0.717) is 10.6 Å². The number of thioether (sulfide) groups is 1. The van der Waals surface area contributed by atoms with Gasteiger partial charge in [-0.15, -0.1) is 0 Å². The molecule has 154 valence electrons. The number of likely N-dealkylation sites (N-methyl/N-ethyl adjacent to an activating group) is 1. The number of amides is 2. The van der Waals surface area contributed by atoms with E-state index in [1.54, 1.807) is 6.08 Å². The number of imide groups is 1. The highest BCUT2D eigenvalue weighted by Crippen LogP contribution is 2.42. The average molecular weight is 435 g/mol. The summed E-state index contributed by atoms with van der Waals surface area (Å²) < 4.78 is 4.65. The summed E-state index contributed by atoms with van der Waals surface area (Å²) in [4.78, 5) is 40.1. The number of methoxy groups -OCH3 is 1. The smallest absolute Gasteiger partial charge is 0.328 e. The zero-order chi connectivity index (χ0) is 21.7. The number of fused-ring (bicyclic) bond motifs is 1. The first-order valence-electron chi connectivity index (χ1n) is 9.10. The van der Waals surface area contributed by atoms with Gasteiger partial charge in [-0.2, -0.15) is 0 Å². The molecular formula is C21H23ClN2O4S. The molecule has 2 heterocycles. The highest BCUT2D eigenvalue weighted by Gasteiger charge is 2.41. The summed E-state index contributed by atoms with van der Waals surface area (Å²) in [5.74, 6) is -1.18. The van der Waals surface area contributed by atoms with Gasteiger partial charge in [0, 0.05) is 23.3 Å². The van der Waals surface area contributed by atoms with E-state index in [4.69, 9.17) is 11.6 Å². The van der Waals surface area contributed by atoms with Crippen molar-refractivity contribution in [3.05, 3.63) is 39.3 Å². The van der Waals surface area contributed by atoms with Crippen molar-refractivity contribution in [2.45, 2.75) is 39.3 Å². The van der Waals surface area contributed by atoms with Crippen LogP contribution in [0.5, 0.6) is 0 Å². The first kappa shape index (κ1) is 21.5. The Morgan fingerprint density at radius 3 is 2.59 bits per heavy atom. The number of nitrogens with zero attached hydrogens (tertiary/aromatic N) is 2. The third kappa shape index (κ3) is 3.69. The standard InChI is InChI=1S/C21H23ClN2O4S/c1-11-10-21(3,4)23(5)16-9-15(22)13(7-14(11)16)8-17-18(25)24(20(27)29-17)12(2)19(26)28-6/h7-10,12H,1-6H3/b17-8+/t12-/m1/s1. The Balaban J connectivity index is 2.00. The van der Waals surface area contributed by atoms with Gasteiger partial charge in [-0.25, -0.2) is 4.79 Å². The second kappa shape index (κ2) is 7.54. The number of halogens is 1. The molecule has 2 aliphatic rings. The minimum Gasteiger partial charge on any atom is -0.467 e. The molecule has 3 rings (SSSR count). The molecule has 0 aromatic heterocycles. The Bertz CT molecular complexity index is 983. The van der Waals surface area contributed by atoms with Gasteiger partial charge in [0.15, 0.2) is 0 Å². The maximum atomic E-state index is 12.7. The zero-order valence-electron chi connectivity index (χ0n) is 17.2. The van der Waals surface area contributed by atoms with Gasteiger partial charge in [0.2, 0.25) is 0 Å². The Kier molecular flexibility index (Phi) is 5.58. The first-order valence-corrected chi connectivity index (χ1v) is 10.3. The van der Waals surface area contributed by atoms with E-state index in [9.17, 15) is 14.4 Å². The van der Waals surface area contributed by atoms with Crippen LogP contribution < -0.4 is 4.90 Å². The lowest BCUT2D eigenvalue weighted by molar-refractivity contribution is -0.148. The van der Waals surface area contributed by atoms with Crippen molar-refractivity contribution in [1.82, 2.24) is 4.90 Å². The minimum absolute atomic E-state index is 0.144. The van der Waals surface area contributed by atoms with E-state index in [1.807, 2.05) is 26.1 Å². The van der Waals surface area contributed by atoms with Crippen LogP contribution in [0.2, 0.25) is 5.02 Å². The number of anilines is 1. The van der Waals surface area contributed by atoms with Crippen molar-refractivity contribution >= 4 is 57.8 Å². The van der Waals surface area contributed by atoms with Crippen LogP contribution in [0.3, 0.4) is 0 Å². The fraction of sp³-hybridized carbons (Fsp3) is 0.381. The van der Waals surface area contributed by atoms with Crippen LogP contribution in [0.25, 0.3) is 11.6 Å². The van der Waals surface area contributed by atoms with Crippen molar-refractivity contribution < 1.29 is 19.1 Å². The molecule has 1 saturated heterocycles. The number of rotatable bonds is 3. The Labute approximate surface area is 179 Å². The van der Waals surface area contributed by atoms with E-state index in [1.165, 1.54) is 14.0 Å². The highest BCUT2D eigenvalue weighted by molar-refractivity contribution is 8.18.